The molecule has 2 aliphatic rings. The van der Waals surface area contributed by atoms with Gasteiger partial charge in [-0.15, -0.1) is 0 Å². The summed E-state index contributed by atoms with van der Waals surface area (Å²) in [6.45, 7) is 4.80. The minimum atomic E-state index is 0.740. The van der Waals surface area contributed by atoms with Crippen molar-refractivity contribution in [3.05, 3.63) is 48.0 Å². The van der Waals surface area contributed by atoms with E-state index < -0.39 is 0 Å². The first kappa shape index (κ1) is 12.4. The number of rotatable bonds is 2. The zero-order valence-electron chi connectivity index (χ0n) is 11.9. The van der Waals surface area contributed by atoms with Crippen molar-refractivity contribution in [2.75, 3.05) is 19.6 Å². The van der Waals surface area contributed by atoms with Crippen LogP contribution in [0.15, 0.2) is 42.5 Å². The van der Waals surface area contributed by atoms with E-state index in [2.05, 4.69) is 52.7 Å². The molecule has 0 bridgehead atoms. The van der Waals surface area contributed by atoms with Gasteiger partial charge in [0, 0.05) is 25.7 Å². The van der Waals surface area contributed by atoms with E-state index >= 15 is 0 Å². The van der Waals surface area contributed by atoms with E-state index in [0.29, 0.717) is 0 Å². The van der Waals surface area contributed by atoms with Gasteiger partial charge in [0.1, 0.15) is 0 Å². The molecule has 2 aliphatic heterocycles. The highest BCUT2D eigenvalue weighted by atomic mass is 15.2. The molecule has 2 heteroatoms. The molecule has 2 nitrogen and oxygen atoms in total. The lowest BCUT2D eigenvalue weighted by atomic mass is 9.94. The van der Waals surface area contributed by atoms with Crippen LogP contribution in [0.2, 0.25) is 0 Å². The number of nitrogens with zero attached hydrogens (tertiary/aromatic N) is 1. The zero-order chi connectivity index (χ0) is 13.4. The van der Waals surface area contributed by atoms with Crippen molar-refractivity contribution in [3.8, 4) is 0 Å². The van der Waals surface area contributed by atoms with Crippen LogP contribution in [-0.4, -0.2) is 30.6 Å². The number of fused-ring (bicyclic) bond motifs is 2. The molecule has 1 N–H and O–H groups in total. The average Bonchev–Trinajstić information content (AvgIpc) is 2.89. The quantitative estimate of drug-likeness (QED) is 0.899. The summed E-state index contributed by atoms with van der Waals surface area (Å²) >= 11 is 0. The maximum Gasteiger partial charge on any atom is 0.0235 e. The number of hydrogen-bond acceptors (Lipinski definition) is 2. The van der Waals surface area contributed by atoms with Gasteiger partial charge in [0.05, 0.1) is 0 Å². The Hall–Kier alpha value is -1.38. The summed E-state index contributed by atoms with van der Waals surface area (Å²) in [6.07, 6.45) is 2.76. The summed E-state index contributed by atoms with van der Waals surface area (Å²) in [5.41, 5.74) is 1.45. The molecule has 2 atom stereocenters. The van der Waals surface area contributed by atoms with Gasteiger partial charge in [-0.1, -0.05) is 36.4 Å². The van der Waals surface area contributed by atoms with Crippen LogP contribution in [0.5, 0.6) is 0 Å². The Morgan fingerprint density at radius 1 is 1.05 bits per heavy atom. The third kappa shape index (κ3) is 2.34. The summed E-state index contributed by atoms with van der Waals surface area (Å²) in [4.78, 5) is 2.62. The van der Waals surface area contributed by atoms with Crippen LogP contribution in [0.3, 0.4) is 0 Å². The van der Waals surface area contributed by atoms with Crippen LogP contribution in [0.25, 0.3) is 10.8 Å². The Labute approximate surface area is 120 Å². The van der Waals surface area contributed by atoms with Crippen LogP contribution in [0.1, 0.15) is 18.4 Å². The largest absolute Gasteiger partial charge is 0.312 e. The van der Waals surface area contributed by atoms with Gasteiger partial charge in [0.25, 0.3) is 0 Å². The van der Waals surface area contributed by atoms with Crippen molar-refractivity contribution in [2.45, 2.75) is 25.4 Å². The highest BCUT2D eigenvalue weighted by Crippen LogP contribution is 2.26. The molecular weight excluding hydrogens is 244 g/mol. The van der Waals surface area contributed by atoms with Gasteiger partial charge < -0.3 is 5.32 Å². The van der Waals surface area contributed by atoms with E-state index in [-0.39, 0.29) is 0 Å². The second-order valence-electron chi connectivity index (χ2n) is 6.34. The molecule has 2 heterocycles. The summed E-state index contributed by atoms with van der Waals surface area (Å²) in [7, 11) is 0. The standard InChI is InChI=1S/C18H22N2/c1-2-5-16-10-14(7-8-15(16)4-1)11-20-12-17-6-3-9-19-18(17)13-20/h1-2,4-5,7-8,10,17-19H,3,6,9,11-13H2/t17-,18+/m0/s1. The second-order valence-corrected chi connectivity index (χ2v) is 6.34. The second kappa shape index (κ2) is 5.19. The smallest absolute Gasteiger partial charge is 0.0235 e. The molecule has 0 saturated carbocycles. The van der Waals surface area contributed by atoms with Crippen molar-refractivity contribution in [1.82, 2.24) is 10.2 Å². The highest BCUT2D eigenvalue weighted by Gasteiger charge is 2.33. The molecule has 0 spiro atoms. The molecule has 2 saturated heterocycles. The summed E-state index contributed by atoms with van der Waals surface area (Å²) in [6, 6.07) is 16.3. The number of benzene rings is 2. The molecule has 2 aromatic rings. The molecule has 104 valence electrons. The lowest BCUT2D eigenvalue weighted by molar-refractivity contribution is 0.313. The fourth-order valence-corrected chi connectivity index (χ4v) is 3.86. The third-order valence-corrected chi connectivity index (χ3v) is 4.89. The Balaban J connectivity index is 1.50. The number of hydrogen-bond donors (Lipinski definition) is 1. The number of piperidine rings is 1. The van der Waals surface area contributed by atoms with Crippen molar-refractivity contribution in [2.24, 2.45) is 5.92 Å². The maximum atomic E-state index is 3.68. The molecule has 2 aromatic carbocycles. The van der Waals surface area contributed by atoms with Crippen LogP contribution in [0, 0.1) is 5.92 Å². The molecular formula is C18H22N2. The van der Waals surface area contributed by atoms with E-state index in [1.165, 1.54) is 48.8 Å². The maximum absolute atomic E-state index is 3.68. The molecule has 0 aromatic heterocycles. The summed E-state index contributed by atoms with van der Waals surface area (Å²) in [5.74, 6) is 0.879. The summed E-state index contributed by atoms with van der Waals surface area (Å²) < 4.78 is 0. The first-order chi connectivity index (χ1) is 9.88. The molecule has 4 rings (SSSR count). The topological polar surface area (TPSA) is 15.3 Å². The lowest BCUT2D eigenvalue weighted by Crippen LogP contribution is -2.40. The fourth-order valence-electron chi connectivity index (χ4n) is 3.86. The van der Waals surface area contributed by atoms with Gasteiger partial charge in [-0.05, 0) is 47.7 Å². The Bertz CT molecular complexity index is 593. The van der Waals surface area contributed by atoms with Gasteiger partial charge in [0.2, 0.25) is 0 Å². The minimum absolute atomic E-state index is 0.740. The van der Waals surface area contributed by atoms with E-state index in [9.17, 15) is 0 Å². The van der Waals surface area contributed by atoms with Crippen molar-refractivity contribution in [1.29, 1.82) is 0 Å². The molecule has 0 radical (unpaired) electrons. The van der Waals surface area contributed by atoms with Gasteiger partial charge in [0.15, 0.2) is 0 Å². The Kier molecular flexibility index (Phi) is 3.21. The van der Waals surface area contributed by atoms with Gasteiger partial charge >= 0.3 is 0 Å². The van der Waals surface area contributed by atoms with E-state index in [4.69, 9.17) is 0 Å². The molecule has 0 amide bonds. The predicted molar refractivity (Wildman–Crippen MR) is 83.7 cm³/mol. The van der Waals surface area contributed by atoms with Gasteiger partial charge in [-0.25, -0.2) is 0 Å². The molecule has 20 heavy (non-hydrogen) atoms. The minimum Gasteiger partial charge on any atom is -0.312 e. The number of nitrogens with one attached hydrogen (secondary N) is 1. The van der Waals surface area contributed by atoms with Crippen molar-refractivity contribution < 1.29 is 0 Å². The first-order valence-electron chi connectivity index (χ1n) is 7.82. The molecule has 2 fully saturated rings. The van der Waals surface area contributed by atoms with Gasteiger partial charge in [-0.2, -0.15) is 0 Å². The van der Waals surface area contributed by atoms with Crippen LogP contribution < -0.4 is 5.32 Å². The monoisotopic (exact) mass is 266 g/mol. The van der Waals surface area contributed by atoms with Crippen molar-refractivity contribution >= 4 is 10.8 Å². The van der Waals surface area contributed by atoms with Crippen LogP contribution in [-0.2, 0) is 6.54 Å². The summed E-state index contributed by atoms with van der Waals surface area (Å²) in [5, 5.41) is 6.39. The Morgan fingerprint density at radius 3 is 2.85 bits per heavy atom. The van der Waals surface area contributed by atoms with Crippen molar-refractivity contribution in [3.63, 3.8) is 0 Å². The zero-order valence-corrected chi connectivity index (χ0v) is 11.9. The molecule has 0 aliphatic carbocycles. The third-order valence-electron chi connectivity index (χ3n) is 4.89. The fraction of sp³-hybridized carbons (Fsp3) is 0.444. The highest BCUT2D eigenvalue weighted by molar-refractivity contribution is 5.82. The SMILES string of the molecule is c1ccc2cc(CN3C[C@@H]4CCCN[C@@H]4C3)ccc2c1. The van der Waals surface area contributed by atoms with E-state index in [1.807, 2.05) is 0 Å². The normalized spacial score (nSPS) is 26.8. The average molecular weight is 266 g/mol. The predicted octanol–water partition coefficient (Wildman–Crippen LogP) is 3.02. The lowest BCUT2D eigenvalue weighted by Gasteiger charge is -2.24. The van der Waals surface area contributed by atoms with Crippen LogP contribution >= 0.6 is 0 Å². The first-order valence-corrected chi connectivity index (χ1v) is 7.82. The van der Waals surface area contributed by atoms with E-state index in [1.54, 1.807) is 0 Å². The van der Waals surface area contributed by atoms with E-state index in [0.717, 1.165) is 18.5 Å². The Morgan fingerprint density at radius 2 is 1.95 bits per heavy atom. The molecule has 0 unspecified atom stereocenters. The van der Waals surface area contributed by atoms with Gasteiger partial charge in [-0.3, -0.25) is 4.90 Å². The number of likely N-dealkylation sites (tertiary alicyclic amines) is 1. The van der Waals surface area contributed by atoms with Crippen LogP contribution in [0.4, 0.5) is 0 Å².